The van der Waals surface area contributed by atoms with E-state index in [9.17, 15) is 0 Å². The lowest BCUT2D eigenvalue weighted by Gasteiger charge is -2.40. The van der Waals surface area contributed by atoms with Gasteiger partial charge >= 0.3 is 0 Å². The van der Waals surface area contributed by atoms with Crippen molar-refractivity contribution in [3.63, 3.8) is 0 Å². The van der Waals surface area contributed by atoms with Crippen LogP contribution in [0.1, 0.15) is 37.3 Å². The van der Waals surface area contributed by atoms with Crippen molar-refractivity contribution in [2.75, 3.05) is 39.5 Å². The fourth-order valence-corrected chi connectivity index (χ4v) is 5.55. The molecule has 3 unspecified atom stereocenters. The number of guanidine groups is 1. The molecule has 0 radical (unpaired) electrons. The summed E-state index contributed by atoms with van der Waals surface area (Å²) in [4.78, 5) is 6.88. The van der Waals surface area contributed by atoms with Gasteiger partial charge in [0.25, 0.3) is 0 Å². The number of likely N-dealkylation sites (tertiary alicyclic amines) is 1. The van der Waals surface area contributed by atoms with E-state index >= 15 is 0 Å². The Bertz CT molecular complexity index is 603. The molecule has 26 heavy (non-hydrogen) atoms. The fourth-order valence-electron chi connectivity index (χ4n) is 4.15. The molecule has 0 aliphatic carbocycles. The minimum atomic E-state index is 0.401. The predicted octanol–water partition coefficient (Wildman–Crippen LogP) is 3.78. The quantitative estimate of drug-likeness (QED) is 0.588. The highest BCUT2D eigenvalue weighted by Gasteiger charge is 2.30. The number of nitrogens with zero attached hydrogens (tertiary/aromatic N) is 2. The second-order valence-electron chi connectivity index (χ2n) is 7.35. The first-order valence-corrected chi connectivity index (χ1v) is 11.1. The van der Waals surface area contributed by atoms with Gasteiger partial charge in [0.1, 0.15) is 0 Å². The summed E-state index contributed by atoms with van der Waals surface area (Å²) in [6.45, 7) is 3.07. The third kappa shape index (κ3) is 5.30. The minimum absolute atomic E-state index is 0.401. The Morgan fingerprint density at radius 1 is 1.27 bits per heavy atom. The molecule has 2 fully saturated rings. The smallest absolute Gasteiger partial charge is 0.191 e. The molecule has 1 aromatic carbocycles. The first-order chi connectivity index (χ1) is 12.7. The topological polar surface area (TPSA) is 39.7 Å². The number of thioether (sulfide) groups is 1. The van der Waals surface area contributed by atoms with E-state index in [1.165, 1.54) is 37.0 Å². The molecule has 0 saturated carbocycles. The van der Waals surface area contributed by atoms with Crippen molar-refractivity contribution in [1.29, 1.82) is 0 Å². The molecule has 4 nitrogen and oxygen atoms in total. The molecule has 3 rings (SSSR count). The third-order valence-electron chi connectivity index (χ3n) is 5.47. The number of hydrogen-bond donors (Lipinski definition) is 2. The Kier molecular flexibility index (Phi) is 7.52. The zero-order valence-corrected chi connectivity index (χ0v) is 17.5. The van der Waals surface area contributed by atoms with Gasteiger partial charge in [-0.2, -0.15) is 11.8 Å². The van der Waals surface area contributed by atoms with E-state index < -0.39 is 0 Å². The summed E-state index contributed by atoms with van der Waals surface area (Å²) >= 11 is 8.32. The maximum atomic E-state index is 6.25. The van der Waals surface area contributed by atoms with Gasteiger partial charge in [-0.05, 0) is 68.6 Å². The van der Waals surface area contributed by atoms with Gasteiger partial charge in [0.15, 0.2) is 5.96 Å². The summed E-state index contributed by atoms with van der Waals surface area (Å²) in [7, 11) is 4.08. The van der Waals surface area contributed by atoms with Crippen LogP contribution in [0.5, 0.6) is 0 Å². The van der Waals surface area contributed by atoms with Crippen molar-refractivity contribution in [3.05, 3.63) is 34.9 Å². The fraction of sp³-hybridized carbons (Fsp3) is 0.650. The van der Waals surface area contributed by atoms with E-state index in [-0.39, 0.29) is 0 Å². The summed E-state index contributed by atoms with van der Waals surface area (Å²) in [6, 6.07) is 8.73. The average molecular weight is 395 g/mol. The van der Waals surface area contributed by atoms with Crippen LogP contribution in [0, 0.1) is 5.92 Å². The first kappa shape index (κ1) is 19.8. The molecule has 2 heterocycles. The second-order valence-corrected chi connectivity index (χ2v) is 9.20. The molecule has 3 atom stereocenters. The van der Waals surface area contributed by atoms with Gasteiger partial charge in [-0.25, -0.2) is 0 Å². The van der Waals surface area contributed by atoms with E-state index in [4.69, 9.17) is 11.6 Å². The van der Waals surface area contributed by atoms with Crippen LogP contribution in [0.4, 0.5) is 0 Å². The van der Waals surface area contributed by atoms with Gasteiger partial charge in [0, 0.05) is 36.5 Å². The Balaban J connectivity index is 1.58. The lowest BCUT2D eigenvalue weighted by Crippen LogP contribution is -2.46. The van der Waals surface area contributed by atoms with Gasteiger partial charge < -0.3 is 10.6 Å². The molecule has 2 saturated heterocycles. The van der Waals surface area contributed by atoms with Gasteiger partial charge in [0.2, 0.25) is 0 Å². The third-order valence-corrected chi connectivity index (χ3v) is 7.11. The van der Waals surface area contributed by atoms with E-state index in [2.05, 4.69) is 57.5 Å². The number of hydrogen-bond acceptors (Lipinski definition) is 3. The minimum Gasteiger partial charge on any atom is -0.356 e. The van der Waals surface area contributed by atoms with Crippen LogP contribution < -0.4 is 10.6 Å². The SMILES string of the molecule is CN=C(NCC1CCCS1)NCC1CCCN(C)C1c1cccc(Cl)c1. The molecule has 1 aromatic rings. The monoisotopic (exact) mass is 394 g/mol. The number of benzene rings is 1. The number of halogens is 1. The van der Waals surface area contributed by atoms with Gasteiger partial charge in [-0.3, -0.25) is 9.89 Å². The van der Waals surface area contributed by atoms with Crippen molar-refractivity contribution in [3.8, 4) is 0 Å². The van der Waals surface area contributed by atoms with Crippen LogP contribution in [0.3, 0.4) is 0 Å². The molecule has 0 amide bonds. The second kappa shape index (κ2) is 9.86. The standard InChI is InChI=1S/C20H31ClN4S/c1-22-20(24-14-18-9-5-11-26-18)23-13-16-7-4-10-25(2)19(16)15-6-3-8-17(21)12-15/h3,6,8,12,16,18-19H,4-5,7,9-11,13-14H2,1-2H3,(H2,22,23,24). The average Bonchev–Trinajstić information content (AvgIpc) is 3.15. The van der Waals surface area contributed by atoms with Gasteiger partial charge in [-0.15, -0.1) is 0 Å². The highest BCUT2D eigenvalue weighted by atomic mass is 35.5. The molecular formula is C20H31ClN4S. The van der Waals surface area contributed by atoms with E-state index in [0.717, 1.165) is 35.9 Å². The number of nitrogens with one attached hydrogen (secondary N) is 2. The van der Waals surface area contributed by atoms with E-state index in [1.54, 1.807) is 0 Å². The van der Waals surface area contributed by atoms with Gasteiger partial charge in [-0.1, -0.05) is 23.7 Å². The van der Waals surface area contributed by atoms with Crippen LogP contribution in [0.2, 0.25) is 5.02 Å². The molecule has 0 bridgehead atoms. The zero-order valence-electron chi connectivity index (χ0n) is 15.9. The zero-order chi connectivity index (χ0) is 18.4. The molecule has 2 aliphatic rings. The molecule has 0 spiro atoms. The lowest BCUT2D eigenvalue weighted by atomic mass is 9.85. The largest absolute Gasteiger partial charge is 0.356 e. The van der Waals surface area contributed by atoms with Crippen molar-refractivity contribution >= 4 is 29.3 Å². The van der Waals surface area contributed by atoms with Crippen molar-refractivity contribution in [1.82, 2.24) is 15.5 Å². The number of aliphatic imine (C=N–C) groups is 1. The molecule has 0 aromatic heterocycles. The highest BCUT2D eigenvalue weighted by Crippen LogP contribution is 2.35. The summed E-state index contributed by atoms with van der Waals surface area (Å²) in [5.74, 6) is 2.77. The van der Waals surface area contributed by atoms with E-state index in [0.29, 0.717) is 12.0 Å². The van der Waals surface area contributed by atoms with Crippen LogP contribution in [-0.2, 0) is 0 Å². The first-order valence-electron chi connectivity index (χ1n) is 9.69. The van der Waals surface area contributed by atoms with Gasteiger partial charge in [0.05, 0.1) is 0 Å². The van der Waals surface area contributed by atoms with Crippen molar-refractivity contribution < 1.29 is 0 Å². The normalized spacial score (nSPS) is 27.5. The summed E-state index contributed by atoms with van der Waals surface area (Å²) in [5.41, 5.74) is 1.32. The lowest BCUT2D eigenvalue weighted by molar-refractivity contribution is 0.122. The van der Waals surface area contributed by atoms with Crippen LogP contribution in [0.15, 0.2) is 29.3 Å². The van der Waals surface area contributed by atoms with Crippen LogP contribution in [-0.4, -0.2) is 55.6 Å². The molecule has 6 heteroatoms. The molecule has 144 valence electrons. The summed E-state index contributed by atoms with van der Waals surface area (Å²) in [6.07, 6.45) is 5.13. The maximum Gasteiger partial charge on any atom is 0.191 e. The summed E-state index contributed by atoms with van der Waals surface area (Å²) < 4.78 is 0. The van der Waals surface area contributed by atoms with Crippen LogP contribution >= 0.6 is 23.4 Å². The number of piperidine rings is 1. The highest BCUT2D eigenvalue weighted by molar-refractivity contribution is 8.00. The summed E-state index contributed by atoms with van der Waals surface area (Å²) in [5, 5.41) is 8.63. The van der Waals surface area contributed by atoms with Crippen molar-refractivity contribution in [2.24, 2.45) is 10.9 Å². The molecule has 2 N–H and O–H groups in total. The Morgan fingerprint density at radius 2 is 2.12 bits per heavy atom. The molecular weight excluding hydrogens is 364 g/mol. The Hall–Kier alpha value is -0.910. The predicted molar refractivity (Wildman–Crippen MR) is 114 cm³/mol. The maximum absolute atomic E-state index is 6.25. The van der Waals surface area contributed by atoms with E-state index in [1.807, 2.05) is 13.1 Å². The van der Waals surface area contributed by atoms with Crippen molar-refractivity contribution in [2.45, 2.75) is 37.0 Å². The Labute approximate surface area is 167 Å². The Morgan fingerprint density at radius 3 is 2.85 bits per heavy atom. The van der Waals surface area contributed by atoms with Crippen LogP contribution in [0.25, 0.3) is 0 Å². The molecule has 2 aliphatic heterocycles. The number of rotatable bonds is 5.